The van der Waals surface area contributed by atoms with Gasteiger partial charge in [-0.3, -0.25) is 14.6 Å². The van der Waals surface area contributed by atoms with Crippen LogP contribution in [0.25, 0.3) is 11.1 Å². The number of fused-ring (bicyclic) bond motifs is 1. The second-order valence-electron chi connectivity index (χ2n) is 12.4. The molecule has 6 rings (SSSR count). The molecule has 6 nitrogen and oxygen atoms in total. The Morgan fingerprint density at radius 3 is 2.18 bits per heavy atom. The molecule has 5 aromatic rings. The third-order valence-corrected chi connectivity index (χ3v) is 8.65. The first-order valence-corrected chi connectivity index (χ1v) is 15.2. The van der Waals surface area contributed by atoms with E-state index in [1.165, 1.54) is 0 Å². The Morgan fingerprint density at radius 2 is 1.51 bits per heavy atom. The molecule has 1 aromatic heterocycles. The Labute approximate surface area is 264 Å². The van der Waals surface area contributed by atoms with Crippen molar-refractivity contribution in [3.8, 4) is 16.9 Å². The monoisotopic (exact) mass is 595 g/mol. The zero-order valence-corrected chi connectivity index (χ0v) is 26.1. The van der Waals surface area contributed by atoms with Gasteiger partial charge in [0.2, 0.25) is 5.91 Å². The molecule has 6 heteroatoms. The first-order chi connectivity index (χ1) is 21.6. The second kappa shape index (κ2) is 12.0. The number of nitrogens with zero attached hydrogens (tertiary/aromatic N) is 2. The Morgan fingerprint density at radius 1 is 0.822 bits per heavy atom. The molecule has 0 bridgehead atoms. The number of amides is 2. The van der Waals surface area contributed by atoms with Gasteiger partial charge >= 0.3 is 0 Å². The van der Waals surface area contributed by atoms with E-state index in [2.05, 4.69) is 43.2 Å². The summed E-state index contributed by atoms with van der Waals surface area (Å²) in [5, 5.41) is 3.09. The van der Waals surface area contributed by atoms with Crippen molar-refractivity contribution in [2.45, 2.75) is 51.7 Å². The quantitative estimate of drug-likeness (QED) is 0.205. The number of rotatable bonds is 7. The fourth-order valence-corrected chi connectivity index (χ4v) is 6.68. The summed E-state index contributed by atoms with van der Waals surface area (Å²) in [6, 6.07) is 37.5. The number of anilines is 2. The van der Waals surface area contributed by atoms with Crippen LogP contribution in [0.15, 0.2) is 121 Å². The third kappa shape index (κ3) is 6.09. The molecule has 1 unspecified atom stereocenters. The number of nitrogens with one attached hydrogen (secondary N) is 1. The van der Waals surface area contributed by atoms with Crippen molar-refractivity contribution in [2.24, 2.45) is 0 Å². The van der Waals surface area contributed by atoms with E-state index in [4.69, 9.17) is 4.74 Å². The average molecular weight is 596 g/mol. The summed E-state index contributed by atoms with van der Waals surface area (Å²) in [5.74, 6) is 0.551. The summed E-state index contributed by atoms with van der Waals surface area (Å²) < 4.78 is 6.00. The molecule has 226 valence electrons. The van der Waals surface area contributed by atoms with Gasteiger partial charge in [-0.25, -0.2) is 0 Å². The minimum absolute atomic E-state index is 0.0168. The molecule has 0 radical (unpaired) electrons. The van der Waals surface area contributed by atoms with Gasteiger partial charge in [0, 0.05) is 41.0 Å². The number of benzene rings is 4. The Kier molecular flexibility index (Phi) is 7.98. The molecule has 0 saturated carbocycles. The largest absolute Gasteiger partial charge is 0.487 e. The fraction of sp³-hybridized carbons (Fsp3) is 0.205. The van der Waals surface area contributed by atoms with Gasteiger partial charge in [0.15, 0.2) is 0 Å². The van der Waals surface area contributed by atoms with E-state index >= 15 is 0 Å². The van der Waals surface area contributed by atoms with Gasteiger partial charge in [-0.15, -0.1) is 0 Å². The molecule has 1 N–H and O–H groups in total. The van der Waals surface area contributed by atoms with Crippen LogP contribution in [0.3, 0.4) is 0 Å². The molecule has 45 heavy (non-hydrogen) atoms. The lowest BCUT2D eigenvalue weighted by molar-refractivity contribution is -0.117. The van der Waals surface area contributed by atoms with Crippen molar-refractivity contribution >= 4 is 23.2 Å². The van der Waals surface area contributed by atoms with Crippen molar-refractivity contribution in [1.29, 1.82) is 0 Å². The molecule has 1 atom stereocenters. The highest BCUT2D eigenvalue weighted by Gasteiger charge is 2.47. The molecular formula is C39H37N3O3. The maximum Gasteiger partial charge on any atom is 0.255 e. The number of carbonyl (C=O) groups is 2. The highest BCUT2D eigenvalue weighted by atomic mass is 16.5. The van der Waals surface area contributed by atoms with E-state index in [9.17, 15) is 9.59 Å². The highest BCUT2D eigenvalue weighted by molar-refractivity contribution is 6.05. The zero-order valence-electron chi connectivity index (χ0n) is 26.1. The maximum atomic E-state index is 13.3. The van der Waals surface area contributed by atoms with Crippen LogP contribution in [0.2, 0.25) is 0 Å². The maximum absolute atomic E-state index is 13.3. The Hall–Kier alpha value is -5.23. The number of ether oxygens (including phenoxy) is 1. The number of pyridine rings is 1. The molecule has 1 aliphatic heterocycles. The van der Waals surface area contributed by atoms with Crippen LogP contribution in [0, 0.1) is 0 Å². The molecule has 0 aliphatic carbocycles. The van der Waals surface area contributed by atoms with Crippen LogP contribution in [-0.2, 0) is 16.8 Å². The lowest BCUT2D eigenvalue weighted by Crippen LogP contribution is -2.55. The van der Waals surface area contributed by atoms with Gasteiger partial charge in [0.25, 0.3) is 5.91 Å². The lowest BCUT2D eigenvalue weighted by Gasteiger charge is -2.51. The number of hydrogen-bond acceptors (Lipinski definition) is 4. The van der Waals surface area contributed by atoms with Crippen LogP contribution in [0.4, 0.5) is 11.4 Å². The van der Waals surface area contributed by atoms with Gasteiger partial charge in [0.05, 0.1) is 5.69 Å². The van der Waals surface area contributed by atoms with Crippen molar-refractivity contribution in [1.82, 2.24) is 4.98 Å². The SMILES string of the molecule is CC(=O)N1c2ccc(NC(=O)c3ccc(-c4ccccc4)cc3)cc2C(C)(c2ccc(OCc3ccccn3)cc2)CC1(C)C. The summed E-state index contributed by atoms with van der Waals surface area (Å²) in [5.41, 5.74) is 6.32. The van der Waals surface area contributed by atoms with E-state index in [1.54, 1.807) is 13.1 Å². The average Bonchev–Trinajstić information content (AvgIpc) is 3.04. The van der Waals surface area contributed by atoms with Crippen LogP contribution >= 0.6 is 0 Å². The van der Waals surface area contributed by atoms with E-state index in [-0.39, 0.29) is 11.8 Å². The molecule has 0 spiro atoms. The van der Waals surface area contributed by atoms with Crippen LogP contribution in [0.5, 0.6) is 5.75 Å². The van der Waals surface area contributed by atoms with Crippen LogP contribution in [0.1, 0.15) is 61.3 Å². The number of aromatic nitrogens is 1. The van der Waals surface area contributed by atoms with Gasteiger partial charge in [-0.05, 0) is 97.1 Å². The summed E-state index contributed by atoms with van der Waals surface area (Å²) in [6.45, 7) is 8.42. The molecule has 1 aliphatic rings. The highest BCUT2D eigenvalue weighted by Crippen LogP contribution is 2.51. The first-order valence-electron chi connectivity index (χ1n) is 15.2. The summed E-state index contributed by atoms with van der Waals surface area (Å²) in [7, 11) is 0. The molecule has 2 amide bonds. The molecular weight excluding hydrogens is 558 g/mol. The van der Waals surface area contributed by atoms with Crippen molar-refractivity contribution < 1.29 is 14.3 Å². The summed E-state index contributed by atoms with van der Waals surface area (Å²) in [4.78, 5) is 32.5. The zero-order chi connectivity index (χ0) is 31.6. The topological polar surface area (TPSA) is 71.5 Å². The number of hydrogen-bond donors (Lipinski definition) is 1. The van der Waals surface area contributed by atoms with Gasteiger partial charge in [0.1, 0.15) is 12.4 Å². The standard InChI is InChI=1S/C39H37N3O3/c1-27(43)42-36-22-19-32(41-37(44)30-15-13-29(14-16-30)28-10-6-5-7-11-28)24-35(36)39(4,26-38(42,2)3)31-17-20-34(21-18-31)45-25-33-12-8-9-23-40-33/h5-24H,25-26H2,1-4H3,(H,41,44). The fourth-order valence-electron chi connectivity index (χ4n) is 6.68. The molecule has 0 fully saturated rings. The van der Waals surface area contributed by atoms with E-state index in [0.717, 1.165) is 39.4 Å². The van der Waals surface area contributed by atoms with Gasteiger partial charge in [-0.2, -0.15) is 0 Å². The summed E-state index contributed by atoms with van der Waals surface area (Å²) >= 11 is 0. The number of carbonyl (C=O) groups excluding carboxylic acids is 2. The lowest BCUT2D eigenvalue weighted by atomic mass is 9.65. The molecule has 4 aromatic carbocycles. The van der Waals surface area contributed by atoms with Crippen LogP contribution < -0.4 is 15.0 Å². The minimum Gasteiger partial charge on any atom is -0.487 e. The third-order valence-electron chi connectivity index (χ3n) is 8.65. The van der Waals surface area contributed by atoms with Crippen molar-refractivity contribution in [3.63, 3.8) is 0 Å². The smallest absolute Gasteiger partial charge is 0.255 e. The van der Waals surface area contributed by atoms with Gasteiger partial charge < -0.3 is 15.0 Å². The van der Waals surface area contributed by atoms with E-state index in [1.807, 2.05) is 108 Å². The normalized spacial score (nSPS) is 16.8. The van der Waals surface area contributed by atoms with Crippen molar-refractivity contribution in [2.75, 3.05) is 10.2 Å². The summed E-state index contributed by atoms with van der Waals surface area (Å²) in [6.07, 6.45) is 2.45. The van der Waals surface area contributed by atoms with Crippen molar-refractivity contribution in [3.05, 3.63) is 144 Å². The van der Waals surface area contributed by atoms with E-state index < -0.39 is 11.0 Å². The van der Waals surface area contributed by atoms with Crippen LogP contribution in [-0.4, -0.2) is 22.3 Å². The Balaban J connectivity index is 1.29. The minimum atomic E-state index is -0.442. The van der Waals surface area contributed by atoms with E-state index in [0.29, 0.717) is 24.3 Å². The molecule has 0 saturated heterocycles. The first kappa shape index (κ1) is 29.8. The molecule has 2 heterocycles. The van der Waals surface area contributed by atoms with Gasteiger partial charge in [-0.1, -0.05) is 67.6 Å². The predicted molar refractivity (Wildman–Crippen MR) is 180 cm³/mol. The Bertz CT molecular complexity index is 1820. The predicted octanol–water partition coefficient (Wildman–Crippen LogP) is 8.42. The second-order valence-corrected chi connectivity index (χ2v) is 12.4.